The third-order valence-corrected chi connectivity index (χ3v) is 2.98. The molecule has 0 aromatic heterocycles. The van der Waals surface area contributed by atoms with Crippen LogP contribution in [-0.2, 0) is 0 Å². The van der Waals surface area contributed by atoms with Crippen LogP contribution in [0.15, 0.2) is 18.2 Å². The largest absolute Gasteiger partial charge is 0.491 e. The first-order chi connectivity index (χ1) is 9.86. The molecular weight excluding hydrogens is 290 g/mol. The van der Waals surface area contributed by atoms with Crippen molar-refractivity contribution in [1.82, 2.24) is 0 Å². The number of hydrogen-bond donors (Lipinski definition) is 0. The lowest BCUT2D eigenvalue weighted by Crippen LogP contribution is -2.37. The highest BCUT2D eigenvalue weighted by atomic mass is 19.2. The van der Waals surface area contributed by atoms with E-state index in [1.807, 2.05) is 0 Å². The van der Waals surface area contributed by atoms with Crippen LogP contribution < -0.4 is 15.7 Å². The van der Waals surface area contributed by atoms with Crippen molar-refractivity contribution in [2.75, 3.05) is 7.11 Å². The summed E-state index contributed by atoms with van der Waals surface area (Å²) in [5, 5.41) is 0. The van der Waals surface area contributed by atoms with Gasteiger partial charge in [-0.05, 0) is 29.5 Å². The molecule has 1 nitrogen and oxygen atoms in total. The van der Waals surface area contributed by atoms with Crippen molar-refractivity contribution in [2.45, 2.75) is 6.92 Å². The maximum absolute atomic E-state index is 14.0. The molecule has 0 heterocycles. The van der Waals surface area contributed by atoms with Crippen LogP contribution in [0.25, 0.3) is 0 Å². The van der Waals surface area contributed by atoms with E-state index in [2.05, 4.69) is 4.74 Å². The van der Waals surface area contributed by atoms with Crippen LogP contribution >= 0.6 is 0 Å². The minimum absolute atomic E-state index is 0.109. The molecule has 1 radical (unpaired) electrons. The molecule has 0 unspecified atom stereocenters. The Morgan fingerprint density at radius 1 is 0.857 bits per heavy atom. The van der Waals surface area contributed by atoms with E-state index in [0.29, 0.717) is 13.3 Å². The molecule has 0 aliphatic rings. The number of aryl methyl sites for hydroxylation is 1. The maximum atomic E-state index is 14.0. The zero-order valence-corrected chi connectivity index (χ0v) is 11.1. The normalized spacial score (nSPS) is 10.6. The van der Waals surface area contributed by atoms with Crippen LogP contribution in [0.2, 0.25) is 0 Å². The molecule has 2 aromatic rings. The second kappa shape index (κ2) is 5.75. The summed E-state index contributed by atoms with van der Waals surface area (Å²) in [6.45, 7) is 1.38. The number of benzene rings is 2. The van der Waals surface area contributed by atoms with Crippen molar-refractivity contribution in [1.29, 1.82) is 0 Å². The monoisotopic (exact) mass is 299 g/mol. The van der Waals surface area contributed by atoms with Gasteiger partial charge in [0.25, 0.3) is 0 Å². The van der Waals surface area contributed by atoms with Crippen molar-refractivity contribution in [3.8, 4) is 5.75 Å². The minimum Gasteiger partial charge on any atom is -0.491 e. The van der Waals surface area contributed by atoms with Gasteiger partial charge in [-0.15, -0.1) is 0 Å². The molecule has 0 aliphatic heterocycles. The fraction of sp³-hybridized carbons (Fsp3) is 0.143. The van der Waals surface area contributed by atoms with Gasteiger partial charge >= 0.3 is 0 Å². The molecule has 2 rings (SSSR count). The lowest BCUT2D eigenvalue weighted by Gasteiger charge is -2.11. The Hall–Kier alpha value is -2.05. The Morgan fingerprint density at radius 3 is 2.10 bits per heavy atom. The number of halogens is 5. The lowest BCUT2D eigenvalue weighted by molar-refractivity contribution is 0.358. The van der Waals surface area contributed by atoms with Crippen LogP contribution in [0.1, 0.15) is 5.56 Å². The van der Waals surface area contributed by atoms with Gasteiger partial charge in [0.05, 0.1) is 7.11 Å². The van der Waals surface area contributed by atoms with Crippen LogP contribution in [0.4, 0.5) is 22.0 Å². The fourth-order valence-corrected chi connectivity index (χ4v) is 1.86. The SMILES string of the molecule is COc1c(F)cc(F)c([B]c2c(F)ccc(C)c2F)c1F. The summed E-state index contributed by atoms with van der Waals surface area (Å²) in [5.74, 6) is -6.65. The van der Waals surface area contributed by atoms with Gasteiger partial charge in [0.1, 0.15) is 17.5 Å². The molecule has 7 heteroatoms. The molecule has 109 valence electrons. The van der Waals surface area contributed by atoms with Gasteiger partial charge in [0.2, 0.25) is 7.28 Å². The molecular formula is C14H9BF5O. The standard InChI is InChI=1S/C14H9BF5O/c1-6-3-4-7(16)10(12(6)19)15-11-8(17)5-9(18)14(21-2)13(11)20/h3-5H,1-2H3. The van der Waals surface area contributed by atoms with E-state index in [4.69, 9.17) is 0 Å². The molecule has 0 atom stereocenters. The summed E-state index contributed by atoms with van der Waals surface area (Å²) in [5.41, 5.74) is -1.28. The van der Waals surface area contributed by atoms with Crippen molar-refractivity contribution < 1.29 is 26.7 Å². The molecule has 0 N–H and O–H groups in total. The first kappa shape index (κ1) is 15.3. The Balaban J connectivity index is 2.58. The minimum atomic E-state index is -1.37. The molecule has 0 fully saturated rings. The van der Waals surface area contributed by atoms with Gasteiger partial charge < -0.3 is 4.74 Å². The van der Waals surface area contributed by atoms with Gasteiger partial charge in [-0.25, -0.2) is 22.0 Å². The van der Waals surface area contributed by atoms with Crippen LogP contribution in [-0.4, -0.2) is 14.4 Å². The van der Waals surface area contributed by atoms with Gasteiger partial charge in [0, 0.05) is 6.07 Å². The number of rotatable bonds is 3. The molecule has 2 aromatic carbocycles. The molecule has 0 bridgehead atoms. The maximum Gasteiger partial charge on any atom is 0.207 e. The number of hydrogen-bond acceptors (Lipinski definition) is 1. The smallest absolute Gasteiger partial charge is 0.207 e. The molecule has 0 amide bonds. The predicted molar refractivity (Wildman–Crippen MR) is 69.0 cm³/mol. The fourth-order valence-electron chi connectivity index (χ4n) is 1.86. The molecule has 0 saturated heterocycles. The van der Waals surface area contributed by atoms with E-state index in [1.54, 1.807) is 0 Å². The Bertz CT molecular complexity index is 702. The zero-order valence-electron chi connectivity index (χ0n) is 11.1. The molecule has 0 spiro atoms. The third kappa shape index (κ3) is 2.72. The zero-order chi connectivity index (χ0) is 15.7. The Morgan fingerprint density at radius 2 is 1.48 bits per heavy atom. The molecule has 0 aliphatic carbocycles. The highest BCUT2D eigenvalue weighted by Gasteiger charge is 2.23. The van der Waals surface area contributed by atoms with E-state index in [0.717, 1.165) is 13.2 Å². The summed E-state index contributed by atoms with van der Waals surface area (Å²) in [6, 6.07) is 2.56. The summed E-state index contributed by atoms with van der Waals surface area (Å²) >= 11 is 0. The molecule has 21 heavy (non-hydrogen) atoms. The van der Waals surface area contributed by atoms with E-state index < -0.39 is 45.8 Å². The van der Waals surface area contributed by atoms with Crippen molar-refractivity contribution in [2.24, 2.45) is 0 Å². The highest BCUT2D eigenvalue weighted by molar-refractivity contribution is 6.67. The number of methoxy groups -OCH3 is 1. The summed E-state index contributed by atoms with van der Waals surface area (Å²) < 4.78 is 72.9. The summed E-state index contributed by atoms with van der Waals surface area (Å²) in [7, 11) is 1.64. The topological polar surface area (TPSA) is 9.23 Å². The van der Waals surface area contributed by atoms with Crippen molar-refractivity contribution >= 4 is 18.2 Å². The average Bonchev–Trinajstić information content (AvgIpc) is 2.42. The predicted octanol–water partition coefficient (Wildman–Crippen LogP) is 2.35. The van der Waals surface area contributed by atoms with Crippen molar-refractivity contribution in [3.63, 3.8) is 0 Å². The van der Waals surface area contributed by atoms with Crippen LogP contribution in [0.5, 0.6) is 5.75 Å². The third-order valence-electron chi connectivity index (χ3n) is 2.98. The van der Waals surface area contributed by atoms with Crippen LogP contribution in [0, 0.1) is 36.0 Å². The van der Waals surface area contributed by atoms with E-state index in [1.165, 1.54) is 13.0 Å². The quantitative estimate of drug-likeness (QED) is 0.624. The first-order valence-corrected chi connectivity index (χ1v) is 5.87. The lowest BCUT2D eigenvalue weighted by atomic mass is 9.62. The summed E-state index contributed by atoms with van der Waals surface area (Å²) in [6.07, 6.45) is 0. The van der Waals surface area contributed by atoms with E-state index in [-0.39, 0.29) is 5.56 Å². The summed E-state index contributed by atoms with van der Waals surface area (Å²) in [4.78, 5) is 0. The van der Waals surface area contributed by atoms with Gasteiger partial charge in [-0.3, -0.25) is 0 Å². The highest BCUT2D eigenvalue weighted by Crippen LogP contribution is 2.20. The first-order valence-electron chi connectivity index (χ1n) is 5.87. The Labute approximate surface area is 118 Å². The van der Waals surface area contributed by atoms with E-state index >= 15 is 0 Å². The van der Waals surface area contributed by atoms with Gasteiger partial charge in [-0.1, -0.05) is 6.07 Å². The van der Waals surface area contributed by atoms with Gasteiger partial charge in [-0.2, -0.15) is 0 Å². The second-order valence-electron chi connectivity index (χ2n) is 4.34. The average molecular weight is 299 g/mol. The second-order valence-corrected chi connectivity index (χ2v) is 4.34. The van der Waals surface area contributed by atoms with Gasteiger partial charge in [0.15, 0.2) is 17.4 Å². The molecule has 0 saturated carbocycles. The van der Waals surface area contributed by atoms with E-state index in [9.17, 15) is 22.0 Å². The number of ether oxygens (including phenoxy) is 1. The van der Waals surface area contributed by atoms with Crippen molar-refractivity contribution in [3.05, 3.63) is 52.8 Å². The Kier molecular flexibility index (Phi) is 4.20. The van der Waals surface area contributed by atoms with Crippen LogP contribution in [0.3, 0.4) is 0 Å².